The molecule has 100 valence electrons. The molecule has 1 aliphatic rings. The number of nitrogens with two attached hydrogens (primary N) is 1. The van der Waals surface area contributed by atoms with Gasteiger partial charge in [0.15, 0.2) is 0 Å². The van der Waals surface area contributed by atoms with Crippen LogP contribution in [-0.4, -0.2) is 6.04 Å². The molecular weight excluding hydrogens is 242 g/mol. The van der Waals surface area contributed by atoms with Crippen LogP contribution in [0.25, 0.3) is 0 Å². The number of rotatable bonds is 4. The van der Waals surface area contributed by atoms with Gasteiger partial charge in [-0.15, -0.1) is 0 Å². The molecule has 0 saturated heterocycles. The van der Waals surface area contributed by atoms with Crippen LogP contribution in [0.2, 0.25) is 5.02 Å². The molecule has 2 rings (SSSR count). The van der Waals surface area contributed by atoms with Gasteiger partial charge in [-0.25, -0.2) is 0 Å². The smallest absolute Gasteiger partial charge is 0.0438 e. The zero-order valence-corrected chi connectivity index (χ0v) is 12.0. The summed E-state index contributed by atoms with van der Waals surface area (Å²) in [7, 11) is 0. The molecule has 1 aliphatic carbocycles. The van der Waals surface area contributed by atoms with Gasteiger partial charge >= 0.3 is 0 Å². The van der Waals surface area contributed by atoms with Crippen LogP contribution >= 0.6 is 11.6 Å². The Morgan fingerprint density at radius 1 is 1.22 bits per heavy atom. The molecule has 1 nitrogen and oxygen atoms in total. The highest BCUT2D eigenvalue weighted by atomic mass is 35.5. The first-order valence-electron chi connectivity index (χ1n) is 7.19. The van der Waals surface area contributed by atoms with Crippen molar-refractivity contribution < 1.29 is 0 Å². The monoisotopic (exact) mass is 265 g/mol. The maximum atomic E-state index is 6.38. The van der Waals surface area contributed by atoms with Gasteiger partial charge in [0.25, 0.3) is 0 Å². The summed E-state index contributed by atoms with van der Waals surface area (Å²) >= 11 is 6.20. The summed E-state index contributed by atoms with van der Waals surface area (Å²) in [6, 6.07) is 8.34. The molecule has 2 heteroatoms. The number of hydrogen-bond donors (Lipinski definition) is 1. The highest BCUT2D eigenvalue weighted by Crippen LogP contribution is 2.33. The predicted molar refractivity (Wildman–Crippen MR) is 78.9 cm³/mol. The lowest BCUT2D eigenvalue weighted by Gasteiger charge is -2.32. The van der Waals surface area contributed by atoms with Gasteiger partial charge in [-0.3, -0.25) is 0 Å². The molecule has 0 heterocycles. The molecule has 18 heavy (non-hydrogen) atoms. The van der Waals surface area contributed by atoms with E-state index >= 15 is 0 Å². The van der Waals surface area contributed by atoms with Crippen molar-refractivity contribution in [2.45, 2.75) is 51.5 Å². The SMILES string of the molecule is CCC1CCC(C(N)Cc2ccccc2Cl)CC1. The third-order valence-electron chi connectivity index (χ3n) is 4.49. The van der Waals surface area contributed by atoms with Gasteiger partial charge < -0.3 is 5.73 Å². The van der Waals surface area contributed by atoms with Gasteiger partial charge in [0, 0.05) is 11.1 Å². The van der Waals surface area contributed by atoms with Gasteiger partial charge in [-0.05, 0) is 42.7 Å². The third kappa shape index (κ3) is 3.49. The average Bonchev–Trinajstić information content (AvgIpc) is 2.41. The lowest BCUT2D eigenvalue weighted by atomic mass is 9.76. The summed E-state index contributed by atoms with van der Waals surface area (Å²) in [6.07, 6.45) is 7.55. The molecule has 0 aliphatic heterocycles. The quantitative estimate of drug-likeness (QED) is 0.857. The van der Waals surface area contributed by atoms with E-state index in [-0.39, 0.29) is 6.04 Å². The van der Waals surface area contributed by atoms with Gasteiger partial charge in [-0.1, -0.05) is 56.0 Å². The molecule has 0 spiro atoms. The van der Waals surface area contributed by atoms with Crippen molar-refractivity contribution in [3.63, 3.8) is 0 Å². The van der Waals surface area contributed by atoms with E-state index in [9.17, 15) is 0 Å². The van der Waals surface area contributed by atoms with Crippen molar-refractivity contribution in [1.82, 2.24) is 0 Å². The van der Waals surface area contributed by atoms with Crippen LogP contribution in [0.3, 0.4) is 0 Å². The van der Waals surface area contributed by atoms with Gasteiger partial charge in [-0.2, -0.15) is 0 Å². The second kappa shape index (κ2) is 6.58. The van der Waals surface area contributed by atoms with Crippen molar-refractivity contribution in [1.29, 1.82) is 0 Å². The van der Waals surface area contributed by atoms with Crippen molar-refractivity contribution in [2.75, 3.05) is 0 Å². The van der Waals surface area contributed by atoms with E-state index in [1.807, 2.05) is 18.2 Å². The lowest BCUT2D eigenvalue weighted by Crippen LogP contribution is -2.35. The summed E-state index contributed by atoms with van der Waals surface area (Å²) in [5.74, 6) is 1.62. The fraction of sp³-hybridized carbons (Fsp3) is 0.625. The highest BCUT2D eigenvalue weighted by Gasteiger charge is 2.25. The predicted octanol–water partition coefficient (Wildman–Crippen LogP) is 4.43. The largest absolute Gasteiger partial charge is 0.327 e. The van der Waals surface area contributed by atoms with Crippen molar-refractivity contribution >= 4 is 11.6 Å². The minimum Gasteiger partial charge on any atom is -0.327 e. The van der Waals surface area contributed by atoms with Crippen LogP contribution in [0.1, 0.15) is 44.6 Å². The summed E-state index contributed by atoms with van der Waals surface area (Å²) in [5, 5.41) is 0.857. The maximum Gasteiger partial charge on any atom is 0.0438 e. The molecule has 0 aromatic heterocycles. The van der Waals surface area contributed by atoms with Crippen LogP contribution < -0.4 is 5.73 Å². The van der Waals surface area contributed by atoms with E-state index in [2.05, 4.69) is 13.0 Å². The Bertz CT molecular complexity index is 369. The standard InChI is InChI=1S/C16H24ClN/c1-2-12-7-9-13(10-8-12)16(18)11-14-5-3-4-6-15(14)17/h3-6,12-13,16H,2,7-11,18H2,1H3. The summed E-state index contributed by atoms with van der Waals surface area (Å²) in [5.41, 5.74) is 7.58. The molecule has 1 atom stereocenters. The minimum atomic E-state index is 0.266. The second-order valence-electron chi connectivity index (χ2n) is 5.65. The van der Waals surface area contributed by atoms with E-state index in [1.54, 1.807) is 0 Å². The summed E-state index contributed by atoms with van der Waals surface area (Å²) in [4.78, 5) is 0. The number of benzene rings is 1. The van der Waals surface area contributed by atoms with Crippen LogP contribution in [0.4, 0.5) is 0 Å². The van der Waals surface area contributed by atoms with E-state index in [0.29, 0.717) is 5.92 Å². The number of hydrogen-bond acceptors (Lipinski definition) is 1. The normalized spacial score (nSPS) is 25.9. The Hall–Kier alpha value is -0.530. The topological polar surface area (TPSA) is 26.0 Å². The third-order valence-corrected chi connectivity index (χ3v) is 4.86. The zero-order valence-electron chi connectivity index (χ0n) is 11.2. The fourth-order valence-electron chi connectivity index (χ4n) is 3.11. The van der Waals surface area contributed by atoms with E-state index in [1.165, 1.54) is 37.7 Å². The average molecular weight is 266 g/mol. The molecule has 0 radical (unpaired) electrons. The van der Waals surface area contributed by atoms with Crippen molar-refractivity contribution in [3.8, 4) is 0 Å². The first-order valence-corrected chi connectivity index (χ1v) is 7.57. The number of halogens is 1. The molecule has 1 aromatic rings. The Labute approximate surface area is 116 Å². The van der Waals surface area contributed by atoms with Gasteiger partial charge in [0.2, 0.25) is 0 Å². The molecule has 0 bridgehead atoms. The summed E-state index contributed by atoms with van der Waals surface area (Å²) in [6.45, 7) is 2.30. The summed E-state index contributed by atoms with van der Waals surface area (Å²) < 4.78 is 0. The second-order valence-corrected chi connectivity index (χ2v) is 6.06. The van der Waals surface area contributed by atoms with Gasteiger partial charge in [0.1, 0.15) is 0 Å². The maximum absolute atomic E-state index is 6.38. The van der Waals surface area contributed by atoms with Crippen LogP contribution in [0.5, 0.6) is 0 Å². The van der Waals surface area contributed by atoms with Crippen LogP contribution in [-0.2, 0) is 6.42 Å². The molecular formula is C16H24ClN. The Kier molecular flexibility index (Phi) is 5.08. The Balaban J connectivity index is 1.89. The van der Waals surface area contributed by atoms with Gasteiger partial charge in [0.05, 0.1) is 0 Å². The Morgan fingerprint density at radius 2 is 1.89 bits per heavy atom. The first kappa shape index (κ1) is 13.9. The minimum absolute atomic E-state index is 0.266. The van der Waals surface area contributed by atoms with Crippen molar-refractivity contribution in [2.24, 2.45) is 17.6 Å². The molecule has 2 N–H and O–H groups in total. The van der Waals surface area contributed by atoms with Crippen LogP contribution in [0, 0.1) is 11.8 Å². The van der Waals surface area contributed by atoms with E-state index in [4.69, 9.17) is 17.3 Å². The van der Waals surface area contributed by atoms with E-state index in [0.717, 1.165) is 17.4 Å². The van der Waals surface area contributed by atoms with Crippen molar-refractivity contribution in [3.05, 3.63) is 34.9 Å². The van der Waals surface area contributed by atoms with Crippen LogP contribution in [0.15, 0.2) is 24.3 Å². The molecule has 1 unspecified atom stereocenters. The lowest BCUT2D eigenvalue weighted by molar-refractivity contribution is 0.238. The molecule has 1 aromatic carbocycles. The Morgan fingerprint density at radius 3 is 2.50 bits per heavy atom. The molecule has 0 amide bonds. The van der Waals surface area contributed by atoms with E-state index < -0.39 is 0 Å². The first-order chi connectivity index (χ1) is 8.70. The fourth-order valence-corrected chi connectivity index (χ4v) is 3.32. The zero-order chi connectivity index (χ0) is 13.0. The highest BCUT2D eigenvalue weighted by molar-refractivity contribution is 6.31. The molecule has 1 saturated carbocycles. The molecule has 1 fully saturated rings.